The van der Waals surface area contributed by atoms with Crippen LogP contribution in [0.15, 0.2) is 24.3 Å². The quantitative estimate of drug-likeness (QED) is 0.791. The van der Waals surface area contributed by atoms with Gasteiger partial charge >= 0.3 is 5.97 Å². The SMILES string of the molecule is CN(C)CC(C)(C)CNCc1ccccc1C(=O)O. The number of carboxylic acid groups (broad SMARTS) is 1. The lowest BCUT2D eigenvalue weighted by Gasteiger charge is -2.28. The number of carbonyl (C=O) groups is 1. The van der Waals surface area contributed by atoms with E-state index in [0.717, 1.165) is 18.7 Å². The van der Waals surface area contributed by atoms with Crippen molar-refractivity contribution in [3.8, 4) is 0 Å². The van der Waals surface area contributed by atoms with E-state index in [2.05, 4.69) is 38.2 Å². The standard InChI is InChI=1S/C15H24N2O2/c1-15(2,11-17(3)4)10-16-9-12-7-5-6-8-13(12)14(18)19/h5-8,16H,9-11H2,1-4H3,(H,18,19). The first-order valence-electron chi connectivity index (χ1n) is 6.48. The lowest BCUT2D eigenvalue weighted by Crippen LogP contribution is -2.37. The van der Waals surface area contributed by atoms with Gasteiger partial charge in [0, 0.05) is 19.6 Å². The van der Waals surface area contributed by atoms with Crippen LogP contribution in [0.3, 0.4) is 0 Å². The maximum absolute atomic E-state index is 11.1. The average molecular weight is 264 g/mol. The minimum Gasteiger partial charge on any atom is -0.478 e. The Bertz CT molecular complexity index is 428. The van der Waals surface area contributed by atoms with E-state index in [0.29, 0.717) is 12.1 Å². The Kier molecular flexibility index (Phi) is 5.51. The van der Waals surface area contributed by atoms with Crippen LogP contribution in [0.4, 0.5) is 0 Å². The van der Waals surface area contributed by atoms with Crippen molar-refractivity contribution in [3.05, 3.63) is 35.4 Å². The molecule has 0 heterocycles. The van der Waals surface area contributed by atoms with Crippen LogP contribution in [-0.2, 0) is 6.54 Å². The van der Waals surface area contributed by atoms with Crippen LogP contribution in [-0.4, -0.2) is 43.2 Å². The fourth-order valence-electron chi connectivity index (χ4n) is 2.33. The van der Waals surface area contributed by atoms with Gasteiger partial charge in [-0.15, -0.1) is 0 Å². The number of benzene rings is 1. The van der Waals surface area contributed by atoms with Crippen molar-refractivity contribution in [1.82, 2.24) is 10.2 Å². The third-order valence-corrected chi connectivity index (χ3v) is 2.91. The molecule has 0 aliphatic rings. The molecule has 0 spiro atoms. The van der Waals surface area contributed by atoms with Crippen molar-refractivity contribution < 1.29 is 9.90 Å². The molecule has 2 N–H and O–H groups in total. The van der Waals surface area contributed by atoms with Crippen molar-refractivity contribution in [2.75, 3.05) is 27.2 Å². The van der Waals surface area contributed by atoms with Gasteiger partial charge in [-0.05, 0) is 31.1 Å². The molecule has 0 atom stereocenters. The smallest absolute Gasteiger partial charge is 0.336 e. The summed E-state index contributed by atoms with van der Waals surface area (Å²) in [5.74, 6) is -0.870. The number of nitrogens with one attached hydrogen (secondary N) is 1. The Morgan fingerprint density at radius 3 is 2.53 bits per heavy atom. The van der Waals surface area contributed by atoms with Gasteiger partial charge in [0.1, 0.15) is 0 Å². The molecule has 0 saturated heterocycles. The second kappa shape index (κ2) is 6.68. The van der Waals surface area contributed by atoms with E-state index in [1.54, 1.807) is 12.1 Å². The second-order valence-electron chi connectivity index (χ2n) is 5.97. The van der Waals surface area contributed by atoms with Gasteiger partial charge in [0.25, 0.3) is 0 Å². The summed E-state index contributed by atoms with van der Waals surface area (Å²) < 4.78 is 0. The van der Waals surface area contributed by atoms with Gasteiger partial charge in [-0.2, -0.15) is 0 Å². The molecule has 0 aliphatic carbocycles. The maximum atomic E-state index is 11.1. The van der Waals surface area contributed by atoms with E-state index in [1.165, 1.54) is 0 Å². The first kappa shape index (κ1) is 15.7. The lowest BCUT2D eigenvalue weighted by molar-refractivity contribution is 0.0695. The Balaban J connectivity index is 2.56. The monoisotopic (exact) mass is 264 g/mol. The molecule has 0 aliphatic heterocycles. The Morgan fingerprint density at radius 1 is 1.32 bits per heavy atom. The number of nitrogens with zero attached hydrogens (tertiary/aromatic N) is 1. The highest BCUT2D eigenvalue weighted by molar-refractivity contribution is 5.89. The van der Waals surface area contributed by atoms with Crippen LogP contribution in [0.1, 0.15) is 29.8 Å². The first-order valence-corrected chi connectivity index (χ1v) is 6.48. The average Bonchev–Trinajstić information content (AvgIpc) is 2.27. The highest BCUT2D eigenvalue weighted by Gasteiger charge is 2.18. The van der Waals surface area contributed by atoms with E-state index >= 15 is 0 Å². The molecule has 1 aromatic carbocycles. The summed E-state index contributed by atoms with van der Waals surface area (Å²) in [4.78, 5) is 13.3. The molecule has 0 aromatic heterocycles. The third kappa shape index (κ3) is 5.41. The van der Waals surface area contributed by atoms with E-state index in [-0.39, 0.29) is 5.41 Å². The van der Waals surface area contributed by atoms with Gasteiger partial charge in [-0.1, -0.05) is 32.0 Å². The van der Waals surface area contributed by atoms with Crippen molar-refractivity contribution in [1.29, 1.82) is 0 Å². The van der Waals surface area contributed by atoms with Gasteiger partial charge in [0.2, 0.25) is 0 Å². The van der Waals surface area contributed by atoms with E-state index in [1.807, 2.05) is 12.1 Å². The summed E-state index contributed by atoms with van der Waals surface area (Å²) in [6, 6.07) is 7.12. The topological polar surface area (TPSA) is 52.6 Å². The molecule has 0 amide bonds. The summed E-state index contributed by atoms with van der Waals surface area (Å²) in [5.41, 5.74) is 1.36. The van der Waals surface area contributed by atoms with Crippen LogP contribution in [0.5, 0.6) is 0 Å². The Labute approximate surface area is 115 Å². The van der Waals surface area contributed by atoms with Crippen LogP contribution in [0.25, 0.3) is 0 Å². The van der Waals surface area contributed by atoms with Gasteiger partial charge < -0.3 is 15.3 Å². The van der Waals surface area contributed by atoms with Gasteiger partial charge in [0.15, 0.2) is 0 Å². The minimum absolute atomic E-state index is 0.154. The van der Waals surface area contributed by atoms with Crippen LogP contribution in [0.2, 0.25) is 0 Å². The molecule has 1 rings (SSSR count). The highest BCUT2D eigenvalue weighted by atomic mass is 16.4. The summed E-state index contributed by atoms with van der Waals surface area (Å²) >= 11 is 0. The van der Waals surface area contributed by atoms with Crippen molar-refractivity contribution >= 4 is 5.97 Å². The molecule has 0 saturated carbocycles. The number of carboxylic acids is 1. The van der Waals surface area contributed by atoms with Crippen LogP contribution in [0, 0.1) is 5.41 Å². The van der Waals surface area contributed by atoms with Crippen molar-refractivity contribution in [2.24, 2.45) is 5.41 Å². The lowest BCUT2D eigenvalue weighted by atomic mass is 9.93. The van der Waals surface area contributed by atoms with Gasteiger partial charge in [-0.3, -0.25) is 0 Å². The summed E-state index contributed by atoms with van der Waals surface area (Å²) in [6.07, 6.45) is 0. The summed E-state index contributed by atoms with van der Waals surface area (Å²) in [5, 5.41) is 12.5. The zero-order valence-electron chi connectivity index (χ0n) is 12.2. The van der Waals surface area contributed by atoms with E-state index in [4.69, 9.17) is 5.11 Å². The number of hydrogen-bond acceptors (Lipinski definition) is 3. The van der Waals surface area contributed by atoms with E-state index in [9.17, 15) is 4.79 Å². The molecule has 1 aromatic rings. The molecule has 4 nitrogen and oxygen atoms in total. The van der Waals surface area contributed by atoms with E-state index < -0.39 is 5.97 Å². The molecule has 0 radical (unpaired) electrons. The van der Waals surface area contributed by atoms with Crippen LogP contribution >= 0.6 is 0 Å². The highest BCUT2D eigenvalue weighted by Crippen LogP contribution is 2.15. The number of hydrogen-bond donors (Lipinski definition) is 2. The first-order chi connectivity index (χ1) is 8.82. The van der Waals surface area contributed by atoms with Crippen molar-refractivity contribution in [3.63, 3.8) is 0 Å². The third-order valence-electron chi connectivity index (χ3n) is 2.91. The molecule has 19 heavy (non-hydrogen) atoms. The second-order valence-corrected chi connectivity index (χ2v) is 5.97. The minimum atomic E-state index is -0.870. The molecular formula is C15H24N2O2. The van der Waals surface area contributed by atoms with Gasteiger partial charge in [-0.25, -0.2) is 4.79 Å². The fourth-order valence-corrected chi connectivity index (χ4v) is 2.33. The zero-order valence-corrected chi connectivity index (χ0v) is 12.2. The largest absolute Gasteiger partial charge is 0.478 e. The molecular weight excluding hydrogens is 240 g/mol. The molecule has 0 unspecified atom stereocenters. The van der Waals surface area contributed by atoms with Gasteiger partial charge in [0.05, 0.1) is 5.56 Å². The molecule has 0 bridgehead atoms. The fraction of sp³-hybridized carbons (Fsp3) is 0.533. The zero-order chi connectivity index (χ0) is 14.5. The Hall–Kier alpha value is -1.39. The number of rotatable bonds is 7. The number of aromatic carboxylic acids is 1. The normalized spacial score (nSPS) is 11.8. The predicted molar refractivity (Wildman–Crippen MR) is 77.4 cm³/mol. The summed E-state index contributed by atoms with van der Waals surface area (Å²) in [6.45, 7) is 6.81. The maximum Gasteiger partial charge on any atom is 0.336 e. The summed E-state index contributed by atoms with van der Waals surface area (Å²) in [7, 11) is 4.11. The predicted octanol–water partition coefficient (Wildman–Crippen LogP) is 2.06. The molecule has 0 fully saturated rings. The van der Waals surface area contributed by atoms with Crippen LogP contribution < -0.4 is 5.32 Å². The molecule has 4 heteroatoms. The Morgan fingerprint density at radius 2 is 1.95 bits per heavy atom. The van der Waals surface area contributed by atoms with Crippen molar-refractivity contribution in [2.45, 2.75) is 20.4 Å². The molecule has 106 valence electrons.